The molecular formula is C19H30N4O4S. The molecule has 0 radical (unpaired) electrons. The number of urea groups is 1. The van der Waals surface area contributed by atoms with E-state index in [0.29, 0.717) is 30.6 Å². The first-order valence-electron chi connectivity index (χ1n) is 9.66. The van der Waals surface area contributed by atoms with Crippen LogP contribution >= 0.6 is 11.3 Å². The molecule has 2 heterocycles. The standard InChI is InChI=1S/C19H30N4O4S/c1-12(2)7-9-22(10-15(25)11-24)19(27)23-8-5-6-16(23)17(26)21-18-20-13(3)14(4)28-18/h12,16,24H,5-11H2,1-4H3,(H,20,21,26). The van der Waals surface area contributed by atoms with E-state index in [1.807, 2.05) is 27.7 Å². The largest absolute Gasteiger partial charge is 0.389 e. The highest BCUT2D eigenvalue weighted by molar-refractivity contribution is 7.15. The minimum absolute atomic E-state index is 0.141. The van der Waals surface area contributed by atoms with Crippen LogP contribution in [0, 0.1) is 19.8 Å². The van der Waals surface area contributed by atoms with E-state index in [-0.39, 0.29) is 18.5 Å². The summed E-state index contributed by atoms with van der Waals surface area (Å²) in [4.78, 5) is 45.9. The number of thiazole rings is 1. The van der Waals surface area contributed by atoms with E-state index in [9.17, 15) is 14.4 Å². The number of nitrogens with zero attached hydrogens (tertiary/aromatic N) is 3. The molecule has 1 unspecified atom stereocenters. The summed E-state index contributed by atoms with van der Waals surface area (Å²) in [6.45, 7) is 8.06. The Bertz CT molecular complexity index is 699. The molecule has 0 aromatic carbocycles. The lowest BCUT2D eigenvalue weighted by Crippen LogP contribution is -2.51. The van der Waals surface area contributed by atoms with Gasteiger partial charge < -0.3 is 20.2 Å². The summed E-state index contributed by atoms with van der Waals surface area (Å²) in [5.41, 5.74) is 0.877. The molecule has 1 aromatic heterocycles. The number of carbonyl (C=O) groups is 3. The highest BCUT2D eigenvalue weighted by Gasteiger charge is 2.37. The van der Waals surface area contributed by atoms with E-state index in [1.165, 1.54) is 21.1 Å². The van der Waals surface area contributed by atoms with Crippen LogP contribution < -0.4 is 5.32 Å². The molecule has 0 saturated carbocycles. The van der Waals surface area contributed by atoms with Gasteiger partial charge in [0.05, 0.1) is 12.2 Å². The second-order valence-electron chi connectivity index (χ2n) is 7.58. The molecule has 9 heteroatoms. The fourth-order valence-electron chi connectivity index (χ4n) is 3.08. The minimum Gasteiger partial charge on any atom is -0.389 e. The van der Waals surface area contributed by atoms with Crippen molar-refractivity contribution in [3.8, 4) is 0 Å². The molecule has 1 aliphatic rings. The van der Waals surface area contributed by atoms with Crippen LogP contribution in [0.5, 0.6) is 0 Å². The number of aryl methyl sites for hydroxylation is 2. The highest BCUT2D eigenvalue weighted by Crippen LogP contribution is 2.24. The molecule has 2 N–H and O–H groups in total. The van der Waals surface area contributed by atoms with Gasteiger partial charge in [0.15, 0.2) is 10.9 Å². The van der Waals surface area contributed by atoms with Crippen molar-refractivity contribution in [2.75, 3.05) is 31.6 Å². The summed E-state index contributed by atoms with van der Waals surface area (Å²) in [7, 11) is 0. The second-order valence-corrected chi connectivity index (χ2v) is 8.79. The maximum Gasteiger partial charge on any atom is 0.321 e. The summed E-state index contributed by atoms with van der Waals surface area (Å²) >= 11 is 1.41. The lowest BCUT2D eigenvalue weighted by molar-refractivity contribution is -0.122. The van der Waals surface area contributed by atoms with Gasteiger partial charge in [-0.3, -0.25) is 9.59 Å². The summed E-state index contributed by atoms with van der Waals surface area (Å²) in [6.07, 6.45) is 2.05. The van der Waals surface area contributed by atoms with E-state index in [4.69, 9.17) is 5.11 Å². The summed E-state index contributed by atoms with van der Waals surface area (Å²) in [5, 5.41) is 12.4. The van der Waals surface area contributed by atoms with Crippen molar-refractivity contribution in [3.05, 3.63) is 10.6 Å². The van der Waals surface area contributed by atoms with E-state index < -0.39 is 18.4 Å². The van der Waals surface area contributed by atoms with E-state index >= 15 is 0 Å². The molecule has 0 spiro atoms. The van der Waals surface area contributed by atoms with Crippen molar-refractivity contribution in [3.63, 3.8) is 0 Å². The maximum absolute atomic E-state index is 13.1. The zero-order valence-electron chi connectivity index (χ0n) is 17.0. The number of aliphatic hydroxyl groups is 1. The molecule has 1 saturated heterocycles. The number of Topliss-reactive ketones (excluding diaryl/α,β-unsaturated/α-hetero) is 1. The SMILES string of the molecule is Cc1nc(NC(=O)C2CCCN2C(=O)N(CCC(C)C)CC(=O)CO)sc1C. The molecule has 28 heavy (non-hydrogen) atoms. The molecule has 156 valence electrons. The third-order valence-corrected chi connectivity index (χ3v) is 5.84. The zero-order valence-corrected chi connectivity index (χ0v) is 17.8. The van der Waals surface area contributed by atoms with Crippen LogP contribution in [0.2, 0.25) is 0 Å². The Balaban J connectivity index is 2.09. The van der Waals surface area contributed by atoms with Crippen molar-refractivity contribution in [2.45, 2.75) is 53.0 Å². The van der Waals surface area contributed by atoms with Gasteiger partial charge in [0.25, 0.3) is 0 Å². The van der Waals surface area contributed by atoms with Crippen molar-refractivity contribution in [1.29, 1.82) is 0 Å². The Morgan fingerprint density at radius 1 is 1.36 bits per heavy atom. The third kappa shape index (κ3) is 5.75. The molecule has 8 nitrogen and oxygen atoms in total. The first kappa shape index (κ1) is 22.3. The van der Waals surface area contributed by atoms with Crippen molar-refractivity contribution >= 4 is 34.2 Å². The van der Waals surface area contributed by atoms with Crippen LogP contribution in [-0.4, -0.2) is 69.9 Å². The number of rotatable bonds is 8. The predicted molar refractivity (Wildman–Crippen MR) is 108 cm³/mol. The van der Waals surface area contributed by atoms with Gasteiger partial charge in [0.1, 0.15) is 12.6 Å². The number of nitrogens with one attached hydrogen (secondary N) is 1. The number of aliphatic hydroxyl groups excluding tert-OH is 1. The Kier molecular flexibility index (Phi) is 7.94. The van der Waals surface area contributed by atoms with Crippen LogP contribution in [0.1, 0.15) is 43.7 Å². The number of aromatic nitrogens is 1. The number of likely N-dealkylation sites (tertiary alicyclic amines) is 1. The first-order valence-corrected chi connectivity index (χ1v) is 10.5. The Hall–Kier alpha value is -2.00. The van der Waals surface area contributed by atoms with Gasteiger partial charge in [0.2, 0.25) is 5.91 Å². The van der Waals surface area contributed by atoms with E-state index in [0.717, 1.165) is 23.4 Å². The van der Waals surface area contributed by atoms with Gasteiger partial charge >= 0.3 is 6.03 Å². The van der Waals surface area contributed by atoms with Gasteiger partial charge in [-0.05, 0) is 39.0 Å². The lowest BCUT2D eigenvalue weighted by Gasteiger charge is -2.31. The minimum atomic E-state index is -0.599. The number of hydrogen-bond donors (Lipinski definition) is 2. The first-order chi connectivity index (χ1) is 13.2. The van der Waals surface area contributed by atoms with E-state index in [1.54, 1.807) is 0 Å². The van der Waals surface area contributed by atoms with Crippen molar-refractivity contribution in [2.24, 2.45) is 5.92 Å². The van der Waals surface area contributed by atoms with Crippen LogP contribution in [0.3, 0.4) is 0 Å². The Labute approximate surface area is 169 Å². The normalized spacial score (nSPS) is 16.5. The molecular weight excluding hydrogens is 380 g/mol. The third-order valence-electron chi connectivity index (χ3n) is 4.85. The number of hydrogen-bond acceptors (Lipinski definition) is 6. The van der Waals surface area contributed by atoms with Crippen LogP contribution in [-0.2, 0) is 9.59 Å². The fourth-order valence-corrected chi connectivity index (χ4v) is 3.90. The average Bonchev–Trinajstić information content (AvgIpc) is 3.24. The Morgan fingerprint density at radius 3 is 2.64 bits per heavy atom. The van der Waals surface area contributed by atoms with Crippen LogP contribution in [0.25, 0.3) is 0 Å². The van der Waals surface area contributed by atoms with Gasteiger partial charge in [-0.25, -0.2) is 9.78 Å². The fraction of sp³-hybridized carbons (Fsp3) is 0.684. The molecule has 0 aliphatic carbocycles. The zero-order chi connectivity index (χ0) is 20.8. The van der Waals surface area contributed by atoms with Crippen molar-refractivity contribution < 1.29 is 19.5 Å². The smallest absolute Gasteiger partial charge is 0.321 e. The van der Waals surface area contributed by atoms with E-state index in [2.05, 4.69) is 10.3 Å². The molecule has 3 amide bonds. The summed E-state index contributed by atoms with van der Waals surface area (Å²) in [5.74, 6) is -0.295. The lowest BCUT2D eigenvalue weighted by atomic mass is 10.1. The average molecular weight is 411 g/mol. The summed E-state index contributed by atoms with van der Waals surface area (Å²) in [6, 6.07) is -0.908. The van der Waals surface area contributed by atoms with Gasteiger partial charge in [-0.1, -0.05) is 13.8 Å². The Morgan fingerprint density at radius 2 is 2.07 bits per heavy atom. The highest BCUT2D eigenvalue weighted by atomic mass is 32.1. The molecule has 1 fully saturated rings. The second kappa shape index (κ2) is 9.97. The quantitative estimate of drug-likeness (QED) is 0.684. The van der Waals surface area contributed by atoms with Crippen molar-refractivity contribution in [1.82, 2.24) is 14.8 Å². The van der Waals surface area contributed by atoms with Crippen LogP contribution in [0.15, 0.2) is 0 Å². The van der Waals surface area contributed by atoms with Crippen LogP contribution in [0.4, 0.5) is 9.93 Å². The number of ketones is 1. The van der Waals surface area contributed by atoms with Gasteiger partial charge in [-0.15, -0.1) is 11.3 Å². The number of amides is 3. The van der Waals surface area contributed by atoms with Gasteiger partial charge in [-0.2, -0.15) is 0 Å². The summed E-state index contributed by atoms with van der Waals surface area (Å²) < 4.78 is 0. The molecule has 1 aromatic rings. The molecule has 1 atom stereocenters. The number of anilines is 1. The molecule has 1 aliphatic heterocycles. The molecule has 0 bridgehead atoms. The predicted octanol–water partition coefficient (Wildman–Crippen LogP) is 2.19. The molecule has 2 rings (SSSR count). The monoisotopic (exact) mass is 410 g/mol. The maximum atomic E-state index is 13.1. The van der Waals surface area contributed by atoms with Gasteiger partial charge in [0, 0.05) is 18.0 Å². The topological polar surface area (TPSA) is 103 Å². The number of carbonyl (C=O) groups excluding carboxylic acids is 3.